The van der Waals surface area contributed by atoms with E-state index in [2.05, 4.69) is 12.1 Å². The summed E-state index contributed by atoms with van der Waals surface area (Å²) < 4.78 is 0. The van der Waals surface area contributed by atoms with Crippen molar-refractivity contribution in [1.29, 1.82) is 0 Å². The first-order chi connectivity index (χ1) is 14.0. The van der Waals surface area contributed by atoms with E-state index in [4.69, 9.17) is 10.3 Å². The van der Waals surface area contributed by atoms with Crippen LogP contribution >= 0.6 is 0 Å². The van der Waals surface area contributed by atoms with Crippen molar-refractivity contribution in [3.63, 3.8) is 0 Å². The Labute approximate surface area is 172 Å². The van der Waals surface area contributed by atoms with Crippen LogP contribution in [-0.2, 0) is 4.79 Å². The van der Waals surface area contributed by atoms with Gasteiger partial charge in [0.15, 0.2) is 0 Å². The second-order valence-electron chi connectivity index (χ2n) is 8.76. The summed E-state index contributed by atoms with van der Waals surface area (Å²) in [5.74, 6) is 0.210. The molecule has 0 bridgehead atoms. The number of hydrogen-bond donors (Lipinski definition) is 2. The second kappa shape index (κ2) is 9.42. The van der Waals surface area contributed by atoms with Crippen LogP contribution in [0, 0.1) is 17.3 Å². The molecule has 1 aliphatic carbocycles. The lowest BCUT2D eigenvalue weighted by atomic mass is 9.63. The Morgan fingerprint density at radius 2 is 1.79 bits per heavy atom. The number of carboxylic acid groups (broad SMARTS) is 1. The van der Waals surface area contributed by atoms with Crippen LogP contribution in [0.15, 0.2) is 29.4 Å². The van der Waals surface area contributed by atoms with Gasteiger partial charge in [-0.15, -0.1) is 0 Å². The van der Waals surface area contributed by atoms with Crippen molar-refractivity contribution < 1.29 is 19.9 Å². The Morgan fingerprint density at radius 3 is 2.31 bits per heavy atom. The number of likely N-dealkylation sites (tertiary alicyclic amines) is 1. The Balaban J connectivity index is 1.52. The molecule has 0 radical (unpaired) electrons. The van der Waals surface area contributed by atoms with E-state index in [1.165, 1.54) is 6.21 Å². The zero-order valence-electron chi connectivity index (χ0n) is 17.2. The molecule has 6 nitrogen and oxygen atoms in total. The Kier molecular flexibility index (Phi) is 6.93. The summed E-state index contributed by atoms with van der Waals surface area (Å²) in [7, 11) is 0. The van der Waals surface area contributed by atoms with Crippen LogP contribution in [0.2, 0.25) is 0 Å². The number of carbonyl (C=O) groups excluding carboxylic acids is 1. The molecular weight excluding hydrogens is 368 g/mol. The molecule has 1 aliphatic heterocycles. The normalized spacial score (nSPS) is 20.8. The smallest absolute Gasteiger partial charge is 0.303 e. The first-order valence-electron chi connectivity index (χ1n) is 10.7. The minimum atomic E-state index is -0.680. The lowest BCUT2D eigenvalue weighted by Gasteiger charge is -2.47. The maximum Gasteiger partial charge on any atom is 0.303 e. The summed E-state index contributed by atoms with van der Waals surface area (Å²) in [4.78, 5) is 25.9. The number of carboxylic acids is 1. The average molecular weight is 401 g/mol. The van der Waals surface area contributed by atoms with Crippen molar-refractivity contribution in [3.05, 3.63) is 35.4 Å². The average Bonchev–Trinajstić information content (AvgIpc) is 2.73. The molecule has 1 saturated carbocycles. The Bertz CT molecular complexity index is 726. The first-order valence-corrected chi connectivity index (χ1v) is 10.7. The predicted octanol–water partition coefficient (Wildman–Crippen LogP) is 4.41. The molecule has 1 amide bonds. The molecule has 2 fully saturated rings. The quantitative estimate of drug-likeness (QED) is 0.420. The fourth-order valence-electron chi connectivity index (χ4n) is 5.24. The zero-order valence-corrected chi connectivity index (χ0v) is 17.2. The van der Waals surface area contributed by atoms with E-state index >= 15 is 0 Å². The van der Waals surface area contributed by atoms with E-state index < -0.39 is 5.97 Å². The second-order valence-corrected chi connectivity index (χ2v) is 8.76. The first kappa shape index (κ1) is 21.3. The number of carbonyl (C=O) groups is 2. The van der Waals surface area contributed by atoms with Gasteiger partial charge in [0.25, 0.3) is 5.91 Å². The number of nitrogens with zero attached hydrogens (tertiary/aromatic N) is 2. The van der Waals surface area contributed by atoms with Crippen molar-refractivity contribution in [2.45, 2.75) is 58.3 Å². The molecule has 6 heteroatoms. The lowest BCUT2D eigenvalue weighted by molar-refractivity contribution is -0.138. The largest absolute Gasteiger partial charge is 0.481 e. The Hall–Kier alpha value is -2.37. The number of piperidine rings is 1. The summed E-state index contributed by atoms with van der Waals surface area (Å²) >= 11 is 0. The third-order valence-electron chi connectivity index (χ3n) is 7.19. The minimum absolute atomic E-state index is 0.0635. The van der Waals surface area contributed by atoms with Crippen LogP contribution in [0.25, 0.3) is 0 Å². The highest BCUT2D eigenvalue weighted by Crippen LogP contribution is 2.48. The maximum absolute atomic E-state index is 12.8. The van der Waals surface area contributed by atoms with E-state index in [1.54, 1.807) is 24.3 Å². The van der Waals surface area contributed by atoms with Crippen LogP contribution in [0.3, 0.4) is 0 Å². The molecule has 1 heterocycles. The third-order valence-corrected chi connectivity index (χ3v) is 7.19. The molecule has 29 heavy (non-hydrogen) atoms. The van der Waals surface area contributed by atoms with E-state index in [0.717, 1.165) is 63.6 Å². The molecule has 1 saturated heterocycles. The molecule has 158 valence electrons. The molecule has 1 aromatic carbocycles. The van der Waals surface area contributed by atoms with Crippen molar-refractivity contribution >= 4 is 18.1 Å². The van der Waals surface area contributed by atoms with E-state index in [0.29, 0.717) is 29.2 Å². The van der Waals surface area contributed by atoms with Crippen molar-refractivity contribution in [3.8, 4) is 0 Å². The van der Waals surface area contributed by atoms with Crippen LogP contribution in [-0.4, -0.2) is 46.4 Å². The van der Waals surface area contributed by atoms with Gasteiger partial charge >= 0.3 is 5.97 Å². The van der Waals surface area contributed by atoms with Gasteiger partial charge in [0.2, 0.25) is 0 Å². The number of oxime groups is 1. The zero-order chi connectivity index (χ0) is 20.9. The van der Waals surface area contributed by atoms with Crippen molar-refractivity contribution in [2.75, 3.05) is 13.1 Å². The summed E-state index contributed by atoms with van der Waals surface area (Å²) in [5, 5.41) is 20.7. The van der Waals surface area contributed by atoms with Gasteiger partial charge < -0.3 is 15.2 Å². The summed E-state index contributed by atoms with van der Waals surface area (Å²) in [5.41, 5.74) is 1.75. The number of amides is 1. The molecule has 2 N–H and O–H groups in total. The SMILES string of the molecule is CCC(CC(=O)O)C1CCC2(CC1)CCN(C(=O)c1ccc(C=NO)cc1)CC2. The van der Waals surface area contributed by atoms with Gasteiger partial charge in [-0.2, -0.15) is 0 Å². The molecule has 1 spiro atoms. The highest BCUT2D eigenvalue weighted by Gasteiger charge is 2.40. The summed E-state index contributed by atoms with van der Waals surface area (Å²) in [6.45, 7) is 3.68. The summed E-state index contributed by atoms with van der Waals surface area (Å²) in [6.07, 6.45) is 9.20. The third kappa shape index (κ3) is 5.17. The maximum atomic E-state index is 12.8. The van der Waals surface area contributed by atoms with Gasteiger partial charge in [0.05, 0.1) is 6.21 Å². The van der Waals surface area contributed by atoms with E-state index in [9.17, 15) is 9.59 Å². The molecular formula is C23H32N2O4. The van der Waals surface area contributed by atoms with Crippen molar-refractivity contribution in [2.24, 2.45) is 22.4 Å². The monoisotopic (exact) mass is 400 g/mol. The van der Waals surface area contributed by atoms with E-state index in [1.807, 2.05) is 4.90 Å². The predicted molar refractivity (Wildman–Crippen MR) is 111 cm³/mol. The molecule has 0 aromatic heterocycles. The molecule has 2 aliphatic rings. The molecule has 1 aromatic rings. The fraction of sp³-hybridized carbons (Fsp3) is 0.609. The van der Waals surface area contributed by atoms with Crippen molar-refractivity contribution in [1.82, 2.24) is 4.90 Å². The Morgan fingerprint density at radius 1 is 1.17 bits per heavy atom. The van der Waals surface area contributed by atoms with Gasteiger partial charge in [0.1, 0.15) is 0 Å². The number of benzene rings is 1. The lowest BCUT2D eigenvalue weighted by Crippen LogP contribution is -2.45. The topological polar surface area (TPSA) is 90.2 Å². The number of aliphatic carboxylic acids is 1. The number of hydrogen-bond acceptors (Lipinski definition) is 4. The van der Waals surface area contributed by atoms with Crippen LogP contribution in [0.5, 0.6) is 0 Å². The number of rotatable bonds is 6. The minimum Gasteiger partial charge on any atom is -0.481 e. The van der Waals surface area contributed by atoms with Crippen LogP contribution in [0.1, 0.15) is 74.2 Å². The van der Waals surface area contributed by atoms with Gasteiger partial charge in [-0.25, -0.2) is 0 Å². The molecule has 3 rings (SSSR count). The van der Waals surface area contributed by atoms with Crippen LogP contribution < -0.4 is 0 Å². The molecule has 1 atom stereocenters. The standard InChI is InChI=1S/C23H32N2O4/c1-2-18(15-21(26)27)19-7-9-23(10-8-19)11-13-25(14-12-23)22(28)20-5-3-17(4-6-20)16-24-29/h3-6,16,18-19,29H,2,7-15H2,1H3,(H,26,27). The van der Waals surface area contributed by atoms with Gasteiger partial charge in [-0.1, -0.05) is 30.6 Å². The van der Waals surface area contributed by atoms with Gasteiger partial charge in [0, 0.05) is 25.1 Å². The van der Waals surface area contributed by atoms with E-state index in [-0.39, 0.29) is 5.91 Å². The van der Waals surface area contributed by atoms with Gasteiger partial charge in [-0.05, 0) is 73.5 Å². The highest BCUT2D eigenvalue weighted by molar-refractivity contribution is 5.95. The van der Waals surface area contributed by atoms with Gasteiger partial charge in [-0.3, -0.25) is 9.59 Å². The molecule has 1 unspecified atom stereocenters. The fourth-order valence-corrected chi connectivity index (χ4v) is 5.24. The highest BCUT2D eigenvalue weighted by atomic mass is 16.4. The van der Waals surface area contributed by atoms with Crippen LogP contribution in [0.4, 0.5) is 0 Å². The summed E-state index contributed by atoms with van der Waals surface area (Å²) in [6, 6.07) is 7.12.